The van der Waals surface area contributed by atoms with Crippen LogP contribution in [0.15, 0.2) is 94.7 Å². The van der Waals surface area contributed by atoms with E-state index < -0.39 is 31.9 Å². The Kier molecular flexibility index (Phi) is 10.2. The largest absolute Gasteiger partial charge is 0.320 e. The van der Waals surface area contributed by atoms with Gasteiger partial charge in [-0.15, -0.1) is 0 Å². The minimum Gasteiger partial charge on any atom is -0.320 e. The summed E-state index contributed by atoms with van der Waals surface area (Å²) in [5, 5.41) is 7.32. The highest BCUT2D eigenvalue weighted by Crippen LogP contribution is 2.30. The van der Waals surface area contributed by atoms with Crippen molar-refractivity contribution in [1.29, 1.82) is 0 Å². The molecule has 2 amide bonds. The first-order valence-electron chi connectivity index (χ1n) is 14.3. The van der Waals surface area contributed by atoms with Gasteiger partial charge in [0.15, 0.2) is 0 Å². The molecule has 0 saturated carbocycles. The van der Waals surface area contributed by atoms with Crippen molar-refractivity contribution >= 4 is 54.0 Å². The number of hydrogen-bond acceptors (Lipinski definition) is 6. The summed E-state index contributed by atoms with van der Waals surface area (Å²) in [5.41, 5.74) is 1.14. The van der Waals surface area contributed by atoms with Crippen LogP contribution in [0.5, 0.6) is 0 Å². The van der Waals surface area contributed by atoms with Gasteiger partial charge >= 0.3 is 0 Å². The summed E-state index contributed by atoms with van der Waals surface area (Å²) < 4.78 is 54.0. The van der Waals surface area contributed by atoms with Gasteiger partial charge in [-0.2, -0.15) is 8.61 Å². The van der Waals surface area contributed by atoms with Crippen molar-refractivity contribution in [3.05, 3.63) is 96.1 Å². The van der Waals surface area contributed by atoms with E-state index in [0.29, 0.717) is 37.6 Å². The standard InChI is InChI=1S/C32H36N4O6S2/c1-5-35(6-2)43(39,40)27-17-13-23(14-18-27)31(37)33-29-21-25-11-9-10-12-26(25)22-30(29)34-32(38)24-15-19-28(20-16-24)44(41,42)36(7-3)8-4/h9-22H,5-8H2,1-4H3,(H,33,37)(H,34,38). The van der Waals surface area contributed by atoms with E-state index in [2.05, 4.69) is 10.6 Å². The second-order valence-corrected chi connectivity index (χ2v) is 13.8. The van der Waals surface area contributed by atoms with E-state index in [1.807, 2.05) is 24.3 Å². The number of benzene rings is 4. The molecule has 4 rings (SSSR count). The fourth-order valence-electron chi connectivity index (χ4n) is 4.82. The first kappa shape index (κ1) is 32.8. The van der Waals surface area contributed by atoms with E-state index >= 15 is 0 Å². The number of hydrogen-bond donors (Lipinski definition) is 2. The van der Waals surface area contributed by atoms with E-state index in [1.54, 1.807) is 39.8 Å². The maximum Gasteiger partial charge on any atom is 0.255 e. The molecule has 2 N–H and O–H groups in total. The third-order valence-electron chi connectivity index (χ3n) is 7.30. The van der Waals surface area contributed by atoms with Crippen molar-refractivity contribution in [2.45, 2.75) is 37.5 Å². The first-order chi connectivity index (χ1) is 21.0. The van der Waals surface area contributed by atoms with Crippen LogP contribution in [0.25, 0.3) is 10.8 Å². The number of fused-ring (bicyclic) bond motifs is 1. The average molecular weight is 637 g/mol. The first-order valence-corrected chi connectivity index (χ1v) is 17.2. The van der Waals surface area contributed by atoms with Gasteiger partial charge in [0.05, 0.1) is 21.2 Å². The van der Waals surface area contributed by atoms with Gasteiger partial charge in [0.25, 0.3) is 11.8 Å². The monoisotopic (exact) mass is 636 g/mol. The Labute approximate surface area is 258 Å². The smallest absolute Gasteiger partial charge is 0.255 e. The highest BCUT2D eigenvalue weighted by molar-refractivity contribution is 7.89. The molecule has 4 aromatic rings. The molecule has 0 radical (unpaired) electrons. The van der Waals surface area contributed by atoms with Crippen LogP contribution in [0.3, 0.4) is 0 Å². The molecule has 0 aromatic heterocycles. The SMILES string of the molecule is CCN(CC)S(=O)(=O)c1ccc(C(=O)Nc2cc3ccccc3cc2NC(=O)c2ccc(S(=O)(=O)N(CC)CC)cc2)cc1. The topological polar surface area (TPSA) is 133 Å². The Balaban J connectivity index is 1.60. The molecule has 232 valence electrons. The van der Waals surface area contributed by atoms with Crippen LogP contribution in [0, 0.1) is 0 Å². The summed E-state index contributed by atoms with van der Waals surface area (Å²) >= 11 is 0. The van der Waals surface area contributed by atoms with Gasteiger partial charge in [0.2, 0.25) is 20.0 Å². The van der Waals surface area contributed by atoms with Crippen molar-refractivity contribution < 1.29 is 26.4 Å². The van der Waals surface area contributed by atoms with Crippen LogP contribution in [0.4, 0.5) is 11.4 Å². The van der Waals surface area contributed by atoms with Crippen LogP contribution >= 0.6 is 0 Å². The highest BCUT2D eigenvalue weighted by atomic mass is 32.2. The van der Waals surface area contributed by atoms with E-state index in [-0.39, 0.29) is 20.9 Å². The van der Waals surface area contributed by atoms with E-state index in [0.717, 1.165) is 10.8 Å². The summed E-state index contributed by atoms with van der Waals surface area (Å²) in [6, 6.07) is 22.3. The van der Waals surface area contributed by atoms with Crippen molar-refractivity contribution in [3.63, 3.8) is 0 Å². The van der Waals surface area contributed by atoms with E-state index in [9.17, 15) is 26.4 Å². The van der Waals surface area contributed by atoms with Gasteiger partial charge in [-0.3, -0.25) is 9.59 Å². The number of carbonyl (C=O) groups excluding carboxylic acids is 2. The molecule has 4 aromatic carbocycles. The number of sulfonamides is 2. The van der Waals surface area contributed by atoms with Crippen molar-refractivity contribution in [2.24, 2.45) is 0 Å². The van der Waals surface area contributed by atoms with Gasteiger partial charge in [0, 0.05) is 37.3 Å². The summed E-state index contributed by atoms with van der Waals surface area (Å²) in [5.74, 6) is -0.984. The predicted molar refractivity (Wildman–Crippen MR) is 173 cm³/mol. The average Bonchev–Trinajstić information content (AvgIpc) is 3.02. The fraction of sp³-hybridized carbons (Fsp3) is 0.250. The van der Waals surface area contributed by atoms with Crippen LogP contribution in [0.1, 0.15) is 48.4 Å². The van der Waals surface area contributed by atoms with Crippen LogP contribution < -0.4 is 10.6 Å². The van der Waals surface area contributed by atoms with Crippen molar-refractivity contribution in [2.75, 3.05) is 36.8 Å². The Morgan fingerprint density at radius 3 is 1.16 bits per heavy atom. The lowest BCUT2D eigenvalue weighted by Crippen LogP contribution is -2.30. The van der Waals surface area contributed by atoms with Crippen molar-refractivity contribution in [1.82, 2.24) is 8.61 Å². The lowest BCUT2D eigenvalue weighted by Gasteiger charge is -2.19. The van der Waals surface area contributed by atoms with Gasteiger partial charge in [0.1, 0.15) is 0 Å². The van der Waals surface area contributed by atoms with Gasteiger partial charge in [-0.05, 0) is 71.4 Å². The minimum absolute atomic E-state index is 0.0901. The lowest BCUT2D eigenvalue weighted by molar-refractivity contribution is 0.101. The zero-order chi connectivity index (χ0) is 32.1. The third-order valence-corrected chi connectivity index (χ3v) is 11.4. The summed E-state index contributed by atoms with van der Waals surface area (Å²) in [6.07, 6.45) is 0. The molecule has 0 heterocycles. The Morgan fingerprint density at radius 2 is 0.864 bits per heavy atom. The zero-order valence-corrected chi connectivity index (χ0v) is 26.7. The second-order valence-electron chi connectivity index (χ2n) is 9.88. The van der Waals surface area contributed by atoms with Crippen LogP contribution in [0.2, 0.25) is 0 Å². The Morgan fingerprint density at radius 1 is 0.545 bits per heavy atom. The van der Waals surface area contributed by atoms with Gasteiger partial charge in [-0.1, -0.05) is 52.0 Å². The molecule has 0 spiro atoms. The van der Waals surface area contributed by atoms with Crippen LogP contribution in [-0.2, 0) is 20.0 Å². The minimum atomic E-state index is -3.67. The maximum absolute atomic E-state index is 13.3. The number of rotatable bonds is 12. The number of amides is 2. The predicted octanol–water partition coefficient (Wildman–Crippen LogP) is 5.41. The Hall–Kier alpha value is -4.10. The molecule has 0 aliphatic carbocycles. The summed E-state index contributed by atoms with van der Waals surface area (Å²) in [7, 11) is -7.35. The molecule has 12 heteroatoms. The second kappa shape index (κ2) is 13.7. The molecule has 0 saturated heterocycles. The normalized spacial score (nSPS) is 12.0. The third kappa shape index (κ3) is 6.83. The van der Waals surface area contributed by atoms with Gasteiger partial charge in [-0.25, -0.2) is 16.8 Å². The molecule has 0 bridgehead atoms. The summed E-state index contributed by atoms with van der Waals surface area (Å²) in [6.45, 7) is 8.36. The van der Waals surface area contributed by atoms with E-state index in [1.165, 1.54) is 57.1 Å². The number of nitrogens with zero attached hydrogens (tertiary/aromatic N) is 2. The molecule has 10 nitrogen and oxygen atoms in total. The quantitative estimate of drug-likeness (QED) is 0.214. The molecule has 0 aliphatic rings. The Bertz CT molecular complexity index is 1730. The maximum atomic E-state index is 13.3. The molecule has 0 atom stereocenters. The molecule has 0 unspecified atom stereocenters. The number of anilines is 2. The van der Waals surface area contributed by atoms with Gasteiger partial charge < -0.3 is 10.6 Å². The molecule has 44 heavy (non-hydrogen) atoms. The van der Waals surface area contributed by atoms with E-state index in [4.69, 9.17) is 0 Å². The number of carbonyl (C=O) groups is 2. The fourth-order valence-corrected chi connectivity index (χ4v) is 7.73. The number of nitrogens with one attached hydrogen (secondary N) is 2. The summed E-state index contributed by atoms with van der Waals surface area (Å²) in [4.78, 5) is 26.7. The molecular formula is C32H36N4O6S2. The van der Waals surface area contributed by atoms with Crippen molar-refractivity contribution in [3.8, 4) is 0 Å². The molecule has 0 aliphatic heterocycles. The zero-order valence-electron chi connectivity index (χ0n) is 25.1. The molecular weight excluding hydrogens is 601 g/mol. The highest BCUT2D eigenvalue weighted by Gasteiger charge is 2.23. The van der Waals surface area contributed by atoms with Crippen LogP contribution in [-0.4, -0.2) is 63.4 Å². The molecule has 0 fully saturated rings. The lowest BCUT2D eigenvalue weighted by atomic mass is 10.1.